The zero-order valence-electron chi connectivity index (χ0n) is 16.0. The summed E-state index contributed by atoms with van der Waals surface area (Å²) in [4.78, 5) is 0. The average Bonchev–Trinajstić information content (AvgIpc) is 3.10. The molecule has 0 aliphatic carbocycles. The van der Waals surface area contributed by atoms with Gasteiger partial charge in [-0.2, -0.15) is 5.10 Å². The van der Waals surface area contributed by atoms with E-state index in [-0.39, 0.29) is 6.61 Å². The highest BCUT2D eigenvalue weighted by molar-refractivity contribution is 7.71. The van der Waals surface area contributed by atoms with Crippen molar-refractivity contribution in [3.05, 3.63) is 84.4 Å². The van der Waals surface area contributed by atoms with Gasteiger partial charge in [-0.05, 0) is 30.1 Å². The number of H-pyrrole nitrogens is 1. The molecule has 0 unspecified atom stereocenters. The summed E-state index contributed by atoms with van der Waals surface area (Å²) in [6.07, 6.45) is 6.05. The van der Waals surface area contributed by atoms with Gasteiger partial charge in [0.25, 0.3) is 0 Å². The topological polar surface area (TPSA) is 63.1 Å². The molecule has 2 N–H and O–H groups in total. The Morgan fingerprint density at radius 2 is 1.96 bits per heavy atom. The molecule has 1 aromatic heterocycles. The molecule has 0 fully saturated rings. The van der Waals surface area contributed by atoms with Crippen LogP contribution in [-0.2, 0) is 4.74 Å². The van der Waals surface area contributed by atoms with E-state index in [1.807, 2.05) is 34.9 Å². The summed E-state index contributed by atoms with van der Waals surface area (Å²) >= 11 is 5.41. The first-order valence-corrected chi connectivity index (χ1v) is 9.25. The number of aliphatic hydroxyl groups is 1. The number of nitrogens with one attached hydrogen (secondary N) is 1. The fourth-order valence-electron chi connectivity index (χ4n) is 2.71. The number of ether oxygens (including phenoxy) is 1. The first-order valence-electron chi connectivity index (χ1n) is 8.84. The van der Waals surface area contributed by atoms with Crippen molar-refractivity contribution >= 4 is 28.6 Å². The van der Waals surface area contributed by atoms with Gasteiger partial charge in [-0.25, -0.2) is 0 Å². The lowest BCUT2D eigenvalue weighted by Crippen LogP contribution is -2.04. The number of benzene rings is 2. The van der Waals surface area contributed by atoms with E-state index in [0.717, 1.165) is 16.5 Å². The second-order valence-corrected chi connectivity index (χ2v) is 6.23. The third kappa shape index (κ3) is 5.13. The van der Waals surface area contributed by atoms with Gasteiger partial charge in [-0.3, -0.25) is 9.67 Å². The SMILES string of the molecule is C=CC/C=C(\CO)c1n[nH]c(=S)n1-c1cccc2ccccc12.C=CCOC. The Kier molecular flexibility index (Phi) is 8.55. The van der Waals surface area contributed by atoms with E-state index in [0.29, 0.717) is 29.2 Å². The van der Waals surface area contributed by atoms with Gasteiger partial charge in [0.15, 0.2) is 10.6 Å². The number of nitrogens with zero attached hydrogens (tertiary/aromatic N) is 2. The minimum Gasteiger partial charge on any atom is -0.392 e. The molecule has 0 saturated carbocycles. The first-order chi connectivity index (χ1) is 13.7. The monoisotopic (exact) mass is 395 g/mol. The molecule has 1 heterocycles. The Balaban J connectivity index is 0.000000500. The lowest BCUT2D eigenvalue weighted by atomic mass is 10.1. The normalized spacial score (nSPS) is 11.0. The number of methoxy groups -OCH3 is 1. The molecule has 0 aliphatic heterocycles. The van der Waals surface area contributed by atoms with Crippen LogP contribution in [0.3, 0.4) is 0 Å². The third-order valence-corrected chi connectivity index (χ3v) is 4.23. The number of fused-ring (bicyclic) bond motifs is 1. The second kappa shape index (κ2) is 11.1. The van der Waals surface area contributed by atoms with Crippen LogP contribution < -0.4 is 0 Å². The van der Waals surface area contributed by atoms with Crippen LogP contribution in [0, 0.1) is 4.77 Å². The van der Waals surface area contributed by atoms with Gasteiger partial charge in [-0.1, -0.05) is 54.6 Å². The van der Waals surface area contributed by atoms with Gasteiger partial charge >= 0.3 is 0 Å². The van der Waals surface area contributed by atoms with E-state index in [2.05, 4.69) is 46.3 Å². The van der Waals surface area contributed by atoms with Gasteiger partial charge in [0, 0.05) is 18.1 Å². The first kappa shape index (κ1) is 21.5. The molecule has 0 radical (unpaired) electrons. The maximum Gasteiger partial charge on any atom is 0.200 e. The number of hydrogen-bond acceptors (Lipinski definition) is 4. The predicted octanol–water partition coefficient (Wildman–Crippen LogP) is 4.85. The lowest BCUT2D eigenvalue weighted by molar-refractivity contribution is 0.234. The molecule has 0 amide bonds. The number of hydrogen-bond donors (Lipinski definition) is 2. The van der Waals surface area contributed by atoms with Crippen LogP contribution in [0.2, 0.25) is 0 Å². The maximum atomic E-state index is 9.70. The Morgan fingerprint density at radius 1 is 1.21 bits per heavy atom. The van der Waals surface area contributed by atoms with Crippen molar-refractivity contribution in [3.63, 3.8) is 0 Å². The Hall–Kier alpha value is -2.80. The van der Waals surface area contributed by atoms with Crippen molar-refractivity contribution in [2.45, 2.75) is 6.42 Å². The van der Waals surface area contributed by atoms with Crippen molar-refractivity contribution in [3.8, 4) is 5.69 Å². The van der Waals surface area contributed by atoms with Crippen LogP contribution in [0.5, 0.6) is 0 Å². The largest absolute Gasteiger partial charge is 0.392 e. The van der Waals surface area contributed by atoms with E-state index in [4.69, 9.17) is 12.2 Å². The number of aromatic amines is 1. The van der Waals surface area contributed by atoms with Crippen molar-refractivity contribution in [2.24, 2.45) is 0 Å². The summed E-state index contributed by atoms with van der Waals surface area (Å²) in [6, 6.07) is 14.2. The molecule has 0 aliphatic rings. The van der Waals surface area contributed by atoms with E-state index in [9.17, 15) is 5.11 Å². The molecule has 0 spiro atoms. The molecule has 28 heavy (non-hydrogen) atoms. The second-order valence-electron chi connectivity index (χ2n) is 5.84. The summed E-state index contributed by atoms with van der Waals surface area (Å²) in [5, 5.41) is 19.0. The molecular weight excluding hydrogens is 370 g/mol. The van der Waals surface area contributed by atoms with E-state index < -0.39 is 0 Å². The zero-order valence-corrected chi connectivity index (χ0v) is 16.8. The van der Waals surface area contributed by atoms with Crippen LogP contribution in [-0.4, -0.2) is 40.2 Å². The quantitative estimate of drug-likeness (QED) is 0.443. The molecule has 6 heteroatoms. The van der Waals surface area contributed by atoms with Crippen molar-refractivity contribution in [1.82, 2.24) is 14.8 Å². The standard InChI is InChI=1S/C18H17N3OS.C4H8O/c1-2-3-7-14(12-22)17-19-20-18(23)21(17)16-11-6-9-13-8-4-5-10-15(13)16;1-3-4-5-2/h2,4-11,22H,1,3,12H2,(H,20,23);3H,1,4H2,2H3/b14-7+;. The molecule has 0 atom stereocenters. The highest BCUT2D eigenvalue weighted by Crippen LogP contribution is 2.25. The molecule has 3 rings (SSSR count). The lowest BCUT2D eigenvalue weighted by Gasteiger charge is -2.11. The van der Waals surface area contributed by atoms with Gasteiger partial charge in [0.1, 0.15) is 0 Å². The molecule has 0 bridgehead atoms. The van der Waals surface area contributed by atoms with Crippen LogP contribution in [0.1, 0.15) is 12.2 Å². The van der Waals surface area contributed by atoms with Crippen LogP contribution >= 0.6 is 12.2 Å². The molecular formula is C22H25N3O2S. The highest BCUT2D eigenvalue weighted by Gasteiger charge is 2.14. The summed E-state index contributed by atoms with van der Waals surface area (Å²) in [5.74, 6) is 0.621. The predicted molar refractivity (Wildman–Crippen MR) is 118 cm³/mol. The van der Waals surface area contributed by atoms with Crippen LogP contribution in [0.25, 0.3) is 22.0 Å². The average molecular weight is 396 g/mol. The summed E-state index contributed by atoms with van der Waals surface area (Å²) < 4.78 is 6.93. The zero-order chi connectivity index (χ0) is 20.4. The molecule has 5 nitrogen and oxygen atoms in total. The number of rotatable bonds is 7. The van der Waals surface area contributed by atoms with Gasteiger partial charge in [-0.15, -0.1) is 13.2 Å². The molecule has 2 aromatic carbocycles. The Labute approximate surface area is 170 Å². The third-order valence-electron chi connectivity index (χ3n) is 3.95. The maximum absolute atomic E-state index is 9.70. The summed E-state index contributed by atoms with van der Waals surface area (Å²) in [5.41, 5.74) is 1.65. The molecule has 0 saturated heterocycles. The van der Waals surface area contributed by atoms with Crippen LogP contribution in [0.4, 0.5) is 0 Å². The van der Waals surface area contributed by atoms with E-state index in [1.54, 1.807) is 19.3 Å². The smallest absolute Gasteiger partial charge is 0.200 e. The van der Waals surface area contributed by atoms with Crippen molar-refractivity contribution < 1.29 is 9.84 Å². The fourth-order valence-corrected chi connectivity index (χ4v) is 2.94. The minimum absolute atomic E-state index is 0.113. The molecule has 146 valence electrons. The summed E-state index contributed by atoms with van der Waals surface area (Å²) in [6.45, 7) is 7.67. The fraction of sp³-hybridized carbons (Fsp3) is 0.182. The van der Waals surface area contributed by atoms with Crippen molar-refractivity contribution in [1.29, 1.82) is 0 Å². The Morgan fingerprint density at radius 3 is 2.61 bits per heavy atom. The number of aromatic nitrogens is 3. The number of aliphatic hydroxyl groups excluding tert-OH is 1. The Bertz CT molecular complexity index is 1010. The summed E-state index contributed by atoms with van der Waals surface area (Å²) in [7, 11) is 1.64. The van der Waals surface area contributed by atoms with Crippen LogP contribution in [0.15, 0.2) is 73.9 Å². The minimum atomic E-state index is -0.113. The highest BCUT2D eigenvalue weighted by atomic mass is 32.1. The van der Waals surface area contributed by atoms with Gasteiger partial charge in [0.05, 0.1) is 18.9 Å². The number of allylic oxidation sites excluding steroid dienone is 2. The van der Waals surface area contributed by atoms with Gasteiger partial charge < -0.3 is 9.84 Å². The van der Waals surface area contributed by atoms with Gasteiger partial charge in [0.2, 0.25) is 0 Å². The molecule has 3 aromatic rings. The van der Waals surface area contributed by atoms with E-state index in [1.165, 1.54) is 0 Å². The van der Waals surface area contributed by atoms with Crippen molar-refractivity contribution in [2.75, 3.05) is 20.3 Å². The van der Waals surface area contributed by atoms with E-state index >= 15 is 0 Å².